The zero-order chi connectivity index (χ0) is 33.2. The van der Waals surface area contributed by atoms with E-state index in [1.165, 1.54) is 18.2 Å². The maximum absolute atomic E-state index is 14.5. The molecule has 4 N–H and O–H groups in total. The molecule has 8 rings (SSSR count). The first-order valence-corrected chi connectivity index (χ1v) is 15.7. The highest BCUT2D eigenvalue weighted by atomic mass is 35.5. The molecule has 238 valence electrons. The molecule has 2 aromatic heterocycles. The number of halogens is 1. The van der Waals surface area contributed by atoms with E-state index in [0.29, 0.717) is 33.4 Å². The third kappa shape index (κ3) is 4.85. The van der Waals surface area contributed by atoms with Crippen molar-refractivity contribution in [2.24, 2.45) is 0 Å². The molecule has 0 radical (unpaired) electrons. The van der Waals surface area contributed by atoms with E-state index < -0.39 is 17.5 Å². The molecule has 2 aliphatic heterocycles. The van der Waals surface area contributed by atoms with E-state index in [-0.39, 0.29) is 17.4 Å². The van der Waals surface area contributed by atoms with E-state index in [0.717, 1.165) is 28.1 Å². The second-order valence-electron chi connectivity index (χ2n) is 12.0. The Balaban J connectivity index is 1.38. The number of nitrogens with zero attached hydrogens (tertiary/aromatic N) is 4. The van der Waals surface area contributed by atoms with Gasteiger partial charge in [0.1, 0.15) is 17.2 Å². The van der Waals surface area contributed by atoms with Gasteiger partial charge in [-0.2, -0.15) is 10.2 Å². The monoisotopic (exact) mass is 656 g/mol. The Kier molecular flexibility index (Phi) is 6.78. The van der Waals surface area contributed by atoms with E-state index in [1.807, 2.05) is 98.0 Å². The lowest BCUT2D eigenvalue weighted by molar-refractivity contribution is -0.121. The van der Waals surface area contributed by atoms with Crippen molar-refractivity contribution in [2.75, 3.05) is 0 Å². The first kappa shape index (κ1) is 29.4. The van der Waals surface area contributed by atoms with Crippen LogP contribution in [0.1, 0.15) is 35.2 Å². The van der Waals surface area contributed by atoms with Gasteiger partial charge in [0.15, 0.2) is 0 Å². The average Bonchev–Trinajstić information content (AvgIpc) is 3.66. The molecule has 0 spiro atoms. The Labute approximate surface area is 280 Å². The molecule has 6 aromatic rings. The smallest absolute Gasteiger partial charge is 0.255 e. The lowest BCUT2D eigenvalue weighted by Gasteiger charge is -2.41. The molecule has 2 aliphatic rings. The number of aryl methyl sites for hydroxylation is 1. The molecule has 4 heterocycles. The fourth-order valence-corrected chi connectivity index (χ4v) is 6.61. The minimum atomic E-state index is -1.26. The summed E-state index contributed by atoms with van der Waals surface area (Å²) in [5, 5.41) is 37.6. The van der Waals surface area contributed by atoms with E-state index in [2.05, 4.69) is 10.6 Å². The SMILES string of the molecule is Cc1nn(-c2ccccc2)c2c1C(c1cn(-c3ccccc3)nc1-c1ccc(Cl)cc1)C1=C(NC(C)(c3cc(O)cc(O)c3)NC1=O)O2. The fourth-order valence-electron chi connectivity index (χ4n) is 6.48. The van der Waals surface area contributed by atoms with Crippen LogP contribution in [0.3, 0.4) is 0 Å². The highest BCUT2D eigenvalue weighted by molar-refractivity contribution is 6.30. The first-order chi connectivity index (χ1) is 23.2. The summed E-state index contributed by atoms with van der Waals surface area (Å²) in [6, 6.07) is 31.0. The van der Waals surface area contributed by atoms with Gasteiger partial charge in [-0.15, -0.1) is 0 Å². The van der Waals surface area contributed by atoms with Gasteiger partial charge in [0, 0.05) is 34.0 Å². The summed E-state index contributed by atoms with van der Waals surface area (Å²) in [6.45, 7) is 3.64. The zero-order valence-electron chi connectivity index (χ0n) is 25.8. The number of aromatic nitrogens is 4. The van der Waals surface area contributed by atoms with Crippen molar-refractivity contribution in [3.63, 3.8) is 0 Å². The van der Waals surface area contributed by atoms with Crippen molar-refractivity contribution in [1.82, 2.24) is 30.2 Å². The van der Waals surface area contributed by atoms with Crippen LogP contribution >= 0.6 is 11.6 Å². The van der Waals surface area contributed by atoms with Crippen LogP contribution in [0, 0.1) is 6.92 Å². The van der Waals surface area contributed by atoms with Crippen molar-refractivity contribution >= 4 is 17.5 Å². The van der Waals surface area contributed by atoms with Crippen LogP contribution in [0.2, 0.25) is 5.02 Å². The third-order valence-corrected chi connectivity index (χ3v) is 8.98. The number of phenols is 2. The number of rotatable bonds is 5. The summed E-state index contributed by atoms with van der Waals surface area (Å²) in [5.74, 6) is -0.700. The number of phenolic OH excluding ortho intramolecular Hbond substituents is 2. The molecule has 0 fully saturated rings. The molecular formula is C37H29ClN6O4. The zero-order valence-corrected chi connectivity index (χ0v) is 26.6. The van der Waals surface area contributed by atoms with Gasteiger partial charge in [0.25, 0.3) is 5.91 Å². The Hall–Kier alpha value is -6.00. The lowest BCUT2D eigenvalue weighted by Crippen LogP contribution is -2.59. The van der Waals surface area contributed by atoms with Crippen molar-refractivity contribution in [2.45, 2.75) is 25.4 Å². The molecule has 0 aliphatic carbocycles. The number of aromatic hydroxyl groups is 2. The molecule has 10 nitrogen and oxygen atoms in total. The van der Waals surface area contributed by atoms with Gasteiger partial charge in [0.2, 0.25) is 11.8 Å². The van der Waals surface area contributed by atoms with Crippen LogP contribution in [0.15, 0.2) is 121 Å². The molecule has 2 unspecified atom stereocenters. The number of carbonyl (C=O) groups excluding carboxylic acids is 1. The Bertz CT molecular complexity index is 2230. The van der Waals surface area contributed by atoms with Crippen LogP contribution in [0.4, 0.5) is 0 Å². The van der Waals surface area contributed by atoms with Gasteiger partial charge in [-0.1, -0.05) is 60.1 Å². The first-order valence-electron chi connectivity index (χ1n) is 15.3. The predicted molar refractivity (Wildman–Crippen MR) is 180 cm³/mol. The summed E-state index contributed by atoms with van der Waals surface area (Å²) >= 11 is 6.29. The van der Waals surface area contributed by atoms with Crippen molar-refractivity contribution in [1.29, 1.82) is 0 Å². The summed E-state index contributed by atoms with van der Waals surface area (Å²) in [7, 11) is 0. The molecule has 0 saturated carbocycles. The minimum absolute atomic E-state index is 0.148. The van der Waals surface area contributed by atoms with Gasteiger partial charge >= 0.3 is 0 Å². The van der Waals surface area contributed by atoms with Gasteiger partial charge in [-0.05, 0) is 62.4 Å². The normalized spacial score (nSPS) is 18.4. The number of para-hydroxylation sites is 2. The van der Waals surface area contributed by atoms with Gasteiger partial charge < -0.3 is 25.6 Å². The molecule has 2 atom stereocenters. The molecular weight excluding hydrogens is 628 g/mol. The molecule has 4 aromatic carbocycles. The number of hydrogen-bond acceptors (Lipinski definition) is 7. The molecule has 0 saturated heterocycles. The quantitative estimate of drug-likeness (QED) is 0.169. The number of fused-ring (bicyclic) bond motifs is 1. The van der Waals surface area contributed by atoms with Crippen LogP contribution < -0.4 is 15.4 Å². The van der Waals surface area contributed by atoms with Crippen molar-refractivity contribution in [3.05, 3.63) is 148 Å². The molecule has 11 heteroatoms. The summed E-state index contributed by atoms with van der Waals surface area (Å²) in [6.07, 6.45) is 1.94. The molecule has 48 heavy (non-hydrogen) atoms. The molecule has 1 amide bonds. The van der Waals surface area contributed by atoms with Gasteiger partial charge in [0.05, 0.1) is 39.8 Å². The summed E-state index contributed by atoms with van der Waals surface area (Å²) in [4.78, 5) is 14.5. The second-order valence-corrected chi connectivity index (χ2v) is 12.4. The number of nitrogens with one attached hydrogen (secondary N) is 2. The van der Waals surface area contributed by atoms with Crippen LogP contribution in [0.25, 0.3) is 22.6 Å². The van der Waals surface area contributed by atoms with Gasteiger partial charge in [-0.3, -0.25) is 4.79 Å². The number of carbonyl (C=O) groups is 1. The summed E-state index contributed by atoms with van der Waals surface area (Å²) in [5.41, 5.74) is 4.76. The summed E-state index contributed by atoms with van der Waals surface area (Å²) < 4.78 is 10.2. The highest BCUT2D eigenvalue weighted by Gasteiger charge is 2.47. The second kappa shape index (κ2) is 11.1. The third-order valence-electron chi connectivity index (χ3n) is 8.73. The minimum Gasteiger partial charge on any atom is -0.508 e. The van der Waals surface area contributed by atoms with Crippen molar-refractivity contribution < 1.29 is 19.7 Å². The maximum atomic E-state index is 14.5. The van der Waals surface area contributed by atoms with E-state index in [4.69, 9.17) is 26.5 Å². The topological polar surface area (TPSA) is 126 Å². The average molecular weight is 657 g/mol. The number of benzene rings is 4. The van der Waals surface area contributed by atoms with Crippen LogP contribution in [-0.4, -0.2) is 35.7 Å². The number of ether oxygens (including phenoxy) is 1. The van der Waals surface area contributed by atoms with Crippen LogP contribution in [0.5, 0.6) is 17.4 Å². The number of hydrogen-bond donors (Lipinski definition) is 4. The predicted octanol–water partition coefficient (Wildman–Crippen LogP) is 6.43. The lowest BCUT2D eigenvalue weighted by atomic mass is 9.81. The van der Waals surface area contributed by atoms with E-state index in [1.54, 1.807) is 16.3 Å². The largest absolute Gasteiger partial charge is 0.508 e. The standard InChI is InChI=1S/C37H29ClN6O4/c1-21-30-31(29-20-43(25-9-5-3-6-10-25)42-33(29)22-13-15-24(38)16-14-22)32-34(47)39-37(2,23-17-27(45)19-28(46)18-23)40-35(32)48-36(30)44(41-21)26-11-7-4-8-12-26/h3-20,31,40,45-46H,1-2H3,(H,39,47). The molecule has 0 bridgehead atoms. The Morgan fingerprint density at radius 3 is 2.17 bits per heavy atom. The van der Waals surface area contributed by atoms with E-state index in [9.17, 15) is 15.0 Å². The Morgan fingerprint density at radius 2 is 1.50 bits per heavy atom. The highest BCUT2D eigenvalue weighted by Crippen LogP contribution is 2.49. The van der Waals surface area contributed by atoms with E-state index >= 15 is 0 Å². The van der Waals surface area contributed by atoms with Gasteiger partial charge in [-0.25, -0.2) is 9.36 Å². The van der Waals surface area contributed by atoms with Crippen molar-refractivity contribution in [3.8, 4) is 40.0 Å². The fraction of sp³-hybridized carbons (Fsp3) is 0.108. The number of amides is 1. The van der Waals surface area contributed by atoms with Crippen LogP contribution in [-0.2, 0) is 10.5 Å². The Morgan fingerprint density at radius 1 is 0.854 bits per heavy atom. The maximum Gasteiger partial charge on any atom is 0.255 e.